The van der Waals surface area contributed by atoms with Gasteiger partial charge in [-0.05, 0) is 36.6 Å². The molecule has 1 aromatic heterocycles. The molecule has 3 heterocycles. The van der Waals surface area contributed by atoms with Crippen molar-refractivity contribution in [1.29, 1.82) is 5.26 Å². The third-order valence-electron chi connectivity index (χ3n) is 4.97. The maximum absolute atomic E-state index is 12.3. The third kappa shape index (κ3) is 3.24. The molecule has 1 unspecified atom stereocenters. The van der Waals surface area contributed by atoms with Gasteiger partial charge in [-0.3, -0.25) is 4.79 Å². The van der Waals surface area contributed by atoms with Crippen LogP contribution in [-0.4, -0.2) is 41.6 Å². The van der Waals surface area contributed by atoms with Gasteiger partial charge in [0.15, 0.2) is 0 Å². The Kier molecular flexibility index (Phi) is 4.50. The average Bonchev–Trinajstić information content (AvgIpc) is 3.20. The van der Waals surface area contributed by atoms with Crippen molar-refractivity contribution in [3.63, 3.8) is 0 Å². The maximum Gasteiger partial charge on any atom is 0.254 e. The molecule has 0 spiro atoms. The molecule has 4 rings (SSSR count). The molecule has 1 fully saturated rings. The first-order valence-corrected chi connectivity index (χ1v) is 8.84. The van der Waals surface area contributed by atoms with E-state index in [1.165, 1.54) is 0 Å². The molecule has 1 atom stereocenters. The van der Waals surface area contributed by atoms with Crippen LogP contribution in [0.2, 0.25) is 0 Å². The predicted octanol–water partition coefficient (Wildman–Crippen LogP) is 1.00. The number of anilines is 1. The summed E-state index contributed by atoms with van der Waals surface area (Å²) in [6, 6.07) is 8.25. The molecule has 1 aromatic carbocycles. The van der Waals surface area contributed by atoms with E-state index in [2.05, 4.69) is 31.6 Å². The zero-order valence-electron chi connectivity index (χ0n) is 14.4. The number of benzene rings is 1. The van der Waals surface area contributed by atoms with E-state index < -0.39 is 0 Å². The molecule has 7 nitrogen and oxygen atoms in total. The standard InChI is InChI=1S/C19H20N6O/c20-8-13-2-1-3-14-12-25(7-5-17(13)14)19-22-9-15(10-23-19)18(26)24-16-4-6-21-11-16/h1-3,9-10,16,21H,4-7,11-12H2,(H,24,26). The van der Waals surface area contributed by atoms with Gasteiger partial charge in [0.05, 0.1) is 17.2 Å². The molecular formula is C19H20N6O. The summed E-state index contributed by atoms with van der Waals surface area (Å²) in [6.45, 7) is 3.17. The summed E-state index contributed by atoms with van der Waals surface area (Å²) in [5, 5.41) is 15.4. The smallest absolute Gasteiger partial charge is 0.254 e. The Morgan fingerprint density at radius 3 is 2.92 bits per heavy atom. The largest absolute Gasteiger partial charge is 0.348 e. The molecule has 7 heteroatoms. The first kappa shape index (κ1) is 16.5. The Labute approximate surface area is 152 Å². The second kappa shape index (κ2) is 7.10. The summed E-state index contributed by atoms with van der Waals surface area (Å²) >= 11 is 0. The summed E-state index contributed by atoms with van der Waals surface area (Å²) in [6.07, 6.45) is 4.91. The van der Waals surface area contributed by atoms with Gasteiger partial charge >= 0.3 is 0 Å². The van der Waals surface area contributed by atoms with Gasteiger partial charge in [0, 0.05) is 38.1 Å². The number of carbonyl (C=O) groups is 1. The lowest BCUT2D eigenvalue weighted by atomic mass is 9.95. The van der Waals surface area contributed by atoms with E-state index in [9.17, 15) is 10.1 Å². The Balaban J connectivity index is 1.45. The van der Waals surface area contributed by atoms with Gasteiger partial charge in [0.2, 0.25) is 5.95 Å². The highest BCUT2D eigenvalue weighted by atomic mass is 16.1. The number of fused-ring (bicyclic) bond motifs is 1. The number of carbonyl (C=O) groups excluding carboxylic acids is 1. The second-order valence-electron chi connectivity index (χ2n) is 6.66. The van der Waals surface area contributed by atoms with E-state index in [1.807, 2.05) is 18.2 Å². The van der Waals surface area contributed by atoms with Crippen LogP contribution < -0.4 is 15.5 Å². The third-order valence-corrected chi connectivity index (χ3v) is 4.97. The van der Waals surface area contributed by atoms with E-state index in [0.29, 0.717) is 18.1 Å². The molecule has 2 aliphatic heterocycles. The van der Waals surface area contributed by atoms with Crippen molar-refractivity contribution in [1.82, 2.24) is 20.6 Å². The first-order valence-electron chi connectivity index (χ1n) is 8.84. The summed E-state index contributed by atoms with van der Waals surface area (Å²) < 4.78 is 0. The molecule has 26 heavy (non-hydrogen) atoms. The number of rotatable bonds is 3. The number of nitriles is 1. The van der Waals surface area contributed by atoms with Crippen LogP contribution in [0, 0.1) is 11.3 Å². The van der Waals surface area contributed by atoms with Crippen molar-refractivity contribution in [2.45, 2.75) is 25.4 Å². The lowest BCUT2D eigenvalue weighted by molar-refractivity contribution is 0.0939. The molecule has 2 aliphatic rings. The van der Waals surface area contributed by atoms with Crippen molar-refractivity contribution in [3.05, 3.63) is 52.8 Å². The monoisotopic (exact) mass is 348 g/mol. The predicted molar refractivity (Wildman–Crippen MR) is 96.7 cm³/mol. The number of nitrogens with one attached hydrogen (secondary N) is 2. The van der Waals surface area contributed by atoms with E-state index in [-0.39, 0.29) is 11.9 Å². The number of aromatic nitrogens is 2. The van der Waals surface area contributed by atoms with E-state index in [4.69, 9.17) is 0 Å². The highest BCUT2D eigenvalue weighted by molar-refractivity contribution is 5.93. The molecule has 0 bridgehead atoms. The van der Waals surface area contributed by atoms with Crippen LogP contribution in [0.1, 0.15) is 33.5 Å². The van der Waals surface area contributed by atoms with Crippen LogP contribution >= 0.6 is 0 Å². The first-order chi connectivity index (χ1) is 12.7. The fourth-order valence-corrected chi connectivity index (χ4v) is 3.53. The van der Waals surface area contributed by atoms with Crippen molar-refractivity contribution in [2.24, 2.45) is 0 Å². The summed E-state index contributed by atoms with van der Waals surface area (Å²) in [7, 11) is 0. The summed E-state index contributed by atoms with van der Waals surface area (Å²) in [5.74, 6) is 0.477. The number of hydrogen-bond acceptors (Lipinski definition) is 6. The van der Waals surface area contributed by atoms with Gasteiger partial charge in [-0.25, -0.2) is 9.97 Å². The molecule has 1 saturated heterocycles. The second-order valence-corrected chi connectivity index (χ2v) is 6.66. The SMILES string of the molecule is N#Cc1cccc2c1CCN(c1ncc(C(=O)NC3CCNC3)cn1)C2. The Bertz CT molecular complexity index is 851. The van der Waals surface area contributed by atoms with Gasteiger partial charge in [-0.2, -0.15) is 5.26 Å². The van der Waals surface area contributed by atoms with Gasteiger partial charge in [0.1, 0.15) is 0 Å². The summed E-state index contributed by atoms with van der Waals surface area (Å²) in [5.41, 5.74) is 3.48. The summed E-state index contributed by atoms with van der Waals surface area (Å²) in [4.78, 5) is 23.1. The van der Waals surface area contributed by atoms with Crippen molar-refractivity contribution in [2.75, 3.05) is 24.5 Å². The van der Waals surface area contributed by atoms with E-state index in [1.54, 1.807) is 12.4 Å². The minimum absolute atomic E-state index is 0.132. The van der Waals surface area contributed by atoms with Crippen LogP contribution in [0.5, 0.6) is 0 Å². The van der Waals surface area contributed by atoms with Gasteiger partial charge < -0.3 is 15.5 Å². The molecule has 1 amide bonds. The quantitative estimate of drug-likeness (QED) is 0.860. The number of amides is 1. The van der Waals surface area contributed by atoms with Crippen LogP contribution in [0.4, 0.5) is 5.95 Å². The zero-order valence-corrected chi connectivity index (χ0v) is 14.4. The molecule has 0 saturated carbocycles. The lowest BCUT2D eigenvalue weighted by Crippen LogP contribution is -2.36. The molecule has 0 radical (unpaired) electrons. The van der Waals surface area contributed by atoms with Crippen LogP contribution in [-0.2, 0) is 13.0 Å². The molecular weight excluding hydrogens is 328 g/mol. The molecule has 132 valence electrons. The van der Waals surface area contributed by atoms with Gasteiger partial charge in [-0.15, -0.1) is 0 Å². The molecule has 2 aromatic rings. The van der Waals surface area contributed by atoms with Gasteiger partial charge in [-0.1, -0.05) is 12.1 Å². The Hall–Kier alpha value is -2.98. The van der Waals surface area contributed by atoms with Crippen LogP contribution in [0.15, 0.2) is 30.6 Å². The average molecular weight is 348 g/mol. The fraction of sp³-hybridized carbons (Fsp3) is 0.368. The van der Waals surface area contributed by atoms with E-state index in [0.717, 1.165) is 49.2 Å². The topological polar surface area (TPSA) is 93.9 Å². The normalized spacial score (nSPS) is 18.9. The lowest BCUT2D eigenvalue weighted by Gasteiger charge is -2.29. The number of nitrogens with zero attached hydrogens (tertiary/aromatic N) is 4. The minimum atomic E-state index is -0.132. The molecule has 0 aliphatic carbocycles. The van der Waals surface area contributed by atoms with Gasteiger partial charge in [0.25, 0.3) is 5.91 Å². The fourth-order valence-electron chi connectivity index (χ4n) is 3.53. The zero-order chi connectivity index (χ0) is 17.9. The minimum Gasteiger partial charge on any atom is -0.348 e. The van der Waals surface area contributed by atoms with E-state index >= 15 is 0 Å². The number of hydrogen-bond donors (Lipinski definition) is 2. The molecule has 2 N–H and O–H groups in total. The highest BCUT2D eigenvalue weighted by Crippen LogP contribution is 2.24. The Morgan fingerprint density at radius 1 is 1.35 bits per heavy atom. The Morgan fingerprint density at radius 2 is 2.19 bits per heavy atom. The van der Waals surface area contributed by atoms with Crippen molar-refractivity contribution < 1.29 is 4.79 Å². The van der Waals surface area contributed by atoms with Crippen molar-refractivity contribution >= 4 is 11.9 Å². The maximum atomic E-state index is 12.3. The van der Waals surface area contributed by atoms with Crippen molar-refractivity contribution in [3.8, 4) is 6.07 Å². The highest BCUT2D eigenvalue weighted by Gasteiger charge is 2.22. The van der Waals surface area contributed by atoms with Crippen LogP contribution in [0.3, 0.4) is 0 Å². The van der Waals surface area contributed by atoms with Crippen LogP contribution in [0.25, 0.3) is 0 Å².